The number of aromatic nitrogens is 3. The minimum Gasteiger partial charge on any atom is -0.378 e. The average Bonchev–Trinajstić information content (AvgIpc) is 3.66. The Kier molecular flexibility index (Phi) is 6.92. The van der Waals surface area contributed by atoms with E-state index in [0.717, 1.165) is 41.3 Å². The first-order chi connectivity index (χ1) is 17.1. The number of hydrogen-bond acceptors (Lipinski definition) is 6. The van der Waals surface area contributed by atoms with Gasteiger partial charge in [-0.15, -0.1) is 16.4 Å². The molecule has 2 aromatic heterocycles. The number of anilines is 1. The van der Waals surface area contributed by atoms with Crippen molar-refractivity contribution >= 4 is 22.9 Å². The van der Waals surface area contributed by atoms with E-state index < -0.39 is 0 Å². The summed E-state index contributed by atoms with van der Waals surface area (Å²) in [6.45, 7) is 1.73. The maximum Gasteiger partial charge on any atom is 0.293 e. The molecule has 35 heavy (non-hydrogen) atoms. The lowest BCUT2D eigenvalue weighted by Gasteiger charge is -2.25. The third-order valence-corrected chi connectivity index (χ3v) is 6.97. The summed E-state index contributed by atoms with van der Waals surface area (Å²) in [7, 11) is 4.03. The van der Waals surface area contributed by atoms with Crippen LogP contribution in [-0.4, -0.2) is 58.9 Å². The van der Waals surface area contributed by atoms with E-state index >= 15 is 0 Å². The van der Waals surface area contributed by atoms with E-state index in [-0.39, 0.29) is 17.8 Å². The van der Waals surface area contributed by atoms with Gasteiger partial charge in [0.1, 0.15) is 0 Å². The van der Waals surface area contributed by atoms with Crippen LogP contribution in [0.15, 0.2) is 72.1 Å². The lowest BCUT2D eigenvalue weighted by atomic mass is 10.1. The first-order valence-corrected chi connectivity index (χ1v) is 12.7. The Morgan fingerprint density at radius 3 is 2.54 bits per heavy atom. The highest BCUT2D eigenvalue weighted by Crippen LogP contribution is 2.26. The van der Waals surface area contributed by atoms with E-state index in [9.17, 15) is 4.79 Å². The van der Waals surface area contributed by atoms with E-state index in [1.54, 1.807) is 16.0 Å². The summed E-state index contributed by atoms with van der Waals surface area (Å²) in [5.74, 6) is 0.673. The highest BCUT2D eigenvalue weighted by Gasteiger charge is 2.28. The van der Waals surface area contributed by atoms with Crippen molar-refractivity contribution in [1.29, 1.82) is 0 Å². The number of rotatable bonds is 8. The number of nitrogens with zero attached hydrogens (tertiary/aromatic N) is 5. The molecule has 1 saturated heterocycles. The number of para-hydroxylation sites is 1. The van der Waals surface area contributed by atoms with Crippen molar-refractivity contribution in [1.82, 2.24) is 19.7 Å². The van der Waals surface area contributed by atoms with Gasteiger partial charge in [-0.1, -0.05) is 36.4 Å². The topological polar surface area (TPSA) is 63.5 Å². The number of amides is 1. The summed E-state index contributed by atoms with van der Waals surface area (Å²) in [5, 5.41) is 6.69. The van der Waals surface area contributed by atoms with Crippen LogP contribution in [-0.2, 0) is 11.3 Å². The van der Waals surface area contributed by atoms with Gasteiger partial charge in [0.2, 0.25) is 5.82 Å². The molecule has 5 rings (SSSR count). The fourth-order valence-corrected chi connectivity index (χ4v) is 4.93. The van der Waals surface area contributed by atoms with Crippen LogP contribution in [0.5, 0.6) is 0 Å². The predicted octanol–water partition coefficient (Wildman–Crippen LogP) is 4.88. The SMILES string of the molecule is CN(C)c1ccc(CN(CC2CCCO2)C(=O)c2nc(-c3cccs3)n(-c3ccccc3)n2)cc1. The van der Waals surface area contributed by atoms with Crippen molar-refractivity contribution in [2.75, 3.05) is 32.1 Å². The van der Waals surface area contributed by atoms with Gasteiger partial charge in [0.05, 0.1) is 16.7 Å². The van der Waals surface area contributed by atoms with E-state index in [0.29, 0.717) is 18.9 Å². The van der Waals surface area contributed by atoms with E-state index in [2.05, 4.69) is 34.3 Å². The van der Waals surface area contributed by atoms with Gasteiger partial charge >= 0.3 is 0 Å². The molecule has 8 heteroatoms. The maximum absolute atomic E-state index is 13.8. The Labute approximate surface area is 209 Å². The molecule has 1 unspecified atom stereocenters. The van der Waals surface area contributed by atoms with Crippen LogP contribution in [0.4, 0.5) is 5.69 Å². The summed E-state index contributed by atoms with van der Waals surface area (Å²) in [6, 6.07) is 22.1. The second kappa shape index (κ2) is 10.4. The summed E-state index contributed by atoms with van der Waals surface area (Å²) >= 11 is 1.58. The predicted molar refractivity (Wildman–Crippen MR) is 139 cm³/mol. The van der Waals surface area contributed by atoms with Gasteiger partial charge in [0.25, 0.3) is 5.91 Å². The quantitative estimate of drug-likeness (QED) is 0.354. The van der Waals surface area contributed by atoms with Crippen LogP contribution in [0.25, 0.3) is 16.4 Å². The Hall–Kier alpha value is -3.49. The Balaban J connectivity index is 1.47. The molecular formula is C27H29N5O2S. The van der Waals surface area contributed by atoms with Gasteiger partial charge < -0.3 is 14.5 Å². The summed E-state index contributed by atoms with van der Waals surface area (Å²) < 4.78 is 7.63. The van der Waals surface area contributed by atoms with Crippen LogP contribution in [0.2, 0.25) is 0 Å². The van der Waals surface area contributed by atoms with Crippen molar-refractivity contribution < 1.29 is 9.53 Å². The van der Waals surface area contributed by atoms with Gasteiger partial charge in [-0.25, -0.2) is 9.67 Å². The molecule has 1 amide bonds. The monoisotopic (exact) mass is 487 g/mol. The molecule has 0 aliphatic carbocycles. The molecule has 0 spiro atoms. The lowest BCUT2D eigenvalue weighted by molar-refractivity contribution is 0.0498. The number of benzene rings is 2. The number of hydrogen-bond donors (Lipinski definition) is 0. The number of carbonyl (C=O) groups excluding carboxylic acids is 1. The molecule has 1 fully saturated rings. The van der Waals surface area contributed by atoms with Crippen LogP contribution < -0.4 is 4.90 Å². The second-order valence-corrected chi connectivity index (χ2v) is 9.81. The van der Waals surface area contributed by atoms with Crippen molar-refractivity contribution in [3.8, 4) is 16.4 Å². The average molecular weight is 488 g/mol. The van der Waals surface area contributed by atoms with Gasteiger partial charge in [0.15, 0.2) is 5.82 Å². The standard InChI is InChI=1S/C27H29N5O2S/c1-30(2)21-14-12-20(13-15-21)18-31(19-23-10-6-16-34-23)27(33)25-28-26(24-11-7-17-35-24)32(29-25)22-8-4-3-5-9-22/h3-5,7-9,11-15,17,23H,6,10,16,18-19H2,1-2H3. The van der Waals surface area contributed by atoms with Gasteiger partial charge in [-0.05, 0) is 54.1 Å². The van der Waals surface area contributed by atoms with Crippen molar-refractivity contribution in [3.63, 3.8) is 0 Å². The Bertz CT molecular complexity index is 1250. The first kappa shape index (κ1) is 23.3. The van der Waals surface area contributed by atoms with E-state index in [1.807, 2.05) is 66.8 Å². The molecular weight excluding hydrogens is 458 g/mol. The van der Waals surface area contributed by atoms with Crippen molar-refractivity contribution in [3.05, 3.63) is 83.5 Å². The third-order valence-electron chi connectivity index (χ3n) is 6.10. The fraction of sp³-hybridized carbons (Fsp3) is 0.296. The number of thiophene rings is 1. The highest BCUT2D eigenvalue weighted by atomic mass is 32.1. The normalized spacial score (nSPS) is 15.3. The van der Waals surface area contributed by atoms with Crippen LogP contribution in [0, 0.1) is 0 Å². The molecule has 0 radical (unpaired) electrons. The highest BCUT2D eigenvalue weighted by molar-refractivity contribution is 7.13. The fourth-order valence-electron chi connectivity index (χ4n) is 4.23. The van der Waals surface area contributed by atoms with Crippen LogP contribution >= 0.6 is 11.3 Å². The molecule has 0 bridgehead atoms. The summed E-state index contributed by atoms with van der Waals surface area (Å²) in [4.78, 5) is 23.4. The smallest absolute Gasteiger partial charge is 0.293 e. The molecule has 4 aromatic rings. The molecule has 1 aliphatic rings. The molecule has 1 atom stereocenters. The second-order valence-electron chi connectivity index (χ2n) is 8.87. The molecule has 0 N–H and O–H groups in total. The molecule has 180 valence electrons. The largest absolute Gasteiger partial charge is 0.378 e. The minimum absolute atomic E-state index is 0.0352. The van der Waals surface area contributed by atoms with Gasteiger partial charge in [-0.2, -0.15) is 0 Å². The van der Waals surface area contributed by atoms with Crippen molar-refractivity contribution in [2.24, 2.45) is 0 Å². The first-order valence-electron chi connectivity index (χ1n) is 11.8. The van der Waals surface area contributed by atoms with Crippen molar-refractivity contribution in [2.45, 2.75) is 25.5 Å². The van der Waals surface area contributed by atoms with Gasteiger partial charge in [0, 0.05) is 39.5 Å². The molecule has 1 aliphatic heterocycles. The summed E-state index contributed by atoms with van der Waals surface area (Å²) in [6.07, 6.45) is 2.01. The zero-order chi connectivity index (χ0) is 24.2. The zero-order valence-corrected chi connectivity index (χ0v) is 20.8. The molecule has 7 nitrogen and oxygen atoms in total. The summed E-state index contributed by atoms with van der Waals surface area (Å²) in [5.41, 5.74) is 3.05. The number of ether oxygens (including phenoxy) is 1. The lowest BCUT2D eigenvalue weighted by Crippen LogP contribution is -2.37. The molecule has 3 heterocycles. The van der Waals surface area contributed by atoms with E-state index in [4.69, 9.17) is 9.72 Å². The minimum atomic E-state index is -0.190. The molecule has 0 saturated carbocycles. The molecule has 2 aromatic carbocycles. The third kappa shape index (κ3) is 5.28. The van der Waals surface area contributed by atoms with E-state index in [1.165, 1.54) is 0 Å². The zero-order valence-electron chi connectivity index (χ0n) is 20.0. The Morgan fingerprint density at radius 1 is 1.09 bits per heavy atom. The van der Waals surface area contributed by atoms with Crippen LogP contribution in [0.1, 0.15) is 29.0 Å². The van der Waals surface area contributed by atoms with Gasteiger partial charge in [-0.3, -0.25) is 4.79 Å². The Morgan fingerprint density at radius 2 is 1.89 bits per heavy atom. The maximum atomic E-state index is 13.8. The number of carbonyl (C=O) groups is 1. The van der Waals surface area contributed by atoms with Crippen LogP contribution in [0.3, 0.4) is 0 Å².